The van der Waals surface area contributed by atoms with Crippen LogP contribution in [0.1, 0.15) is 15.9 Å². The van der Waals surface area contributed by atoms with Gasteiger partial charge in [0.05, 0.1) is 16.4 Å². The van der Waals surface area contributed by atoms with Gasteiger partial charge in [-0.15, -0.1) is 0 Å². The molecule has 0 atom stereocenters. The lowest BCUT2D eigenvalue weighted by Gasteiger charge is -1.97. The molecule has 0 saturated heterocycles. The molecule has 0 radical (unpaired) electrons. The minimum Gasteiger partial charge on any atom is -0.477 e. The molecule has 2 aromatic heterocycles. The third-order valence-corrected chi connectivity index (χ3v) is 3.75. The Labute approximate surface area is 105 Å². The molecule has 18 heavy (non-hydrogen) atoms. The van der Waals surface area contributed by atoms with Gasteiger partial charge in [0.15, 0.2) is 4.96 Å². The van der Waals surface area contributed by atoms with Crippen molar-refractivity contribution in [2.75, 3.05) is 0 Å². The number of carbonyl (C=O) groups is 1. The molecule has 0 bridgehead atoms. The molecule has 5 nitrogen and oxygen atoms in total. The summed E-state index contributed by atoms with van der Waals surface area (Å²) in [6, 6.07) is 5.71. The predicted molar refractivity (Wildman–Crippen MR) is 68.5 cm³/mol. The van der Waals surface area contributed by atoms with Gasteiger partial charge < -0.3 is 5.11 Å². The molecule has 0 amide bonds. The number of hydrogen-bond acceptors (Lipinski definition) is 4. The summed E-state index contributed by atoms with van der Waals surface area (Å²) in [4.78, 5) is 27.6. The first-order valence-electron chi connectivity index (χ1n) is 5.22. The van der Waals surface area contributed by atoms with Gasteiger partial charge in [-0.3, -0.25) is 9.20 Å². The van der Waals surface area contributed by atoms with E-state index in [1.54, 1.807) is 0 Å². The molecular weight excluding hydrogens is 252 g/mol. The highest BCUT2D eigenvalue weighted by atomic mass is 32.1. The van der Waals surface area contributed by atoms with Gasteiger partial charge in [0.2, 0.25) is 0 Å². The van der Waals surface area contributed by atoms with Crippen LogP contribution in [0.15, 0.2) is 29.2 Å². The van der Waals surface area contributed by atoms with Crippen molar-refractivity contribution in [1.82, 2.24) is 9.38 Å². The van der Waals surface area contributed by atoms with Crippen molar-refractivity contribution in [3.63, 3.8) is 0 Å². The summed E-state index contributed by atoms with van der Waals surface area (Å²) in [5.74, 6) is -1.26. The van der Waals surface area contributed by atoms with E-state index < -0.39 is 11.5 Å². The minimum atomic E-state index is -1.26. The average Bonchev–Trinajstić information content (AvgIpc) is 2.67. The highest BCUT2D eigenvalue weighted by molar-refractivity contribution is 7.23. The fourth-order valence-corrected chi connectivity index (χ4v) is 2.82. The Bertz CT molecular complexity index is 848. The van der Waals surface area contributed by atoms with E-state index in [1.165, 1.54) is 15.7 Å². The van der Waals surface area contributed by atoms with E-state index in [0.717, 1.165) is 16.5 Å². The highest BCUT2D eigenvalue weighted by Crippen LogP contribution is 2.24. The molecule has 0 spiro atoms. The number of aryl methyl sites for hydroxylation is 1. The van der Waals surface area contributed by atoms with Crippen LogP contribution in [0.2, 0.25) is 0 Å². The van der Waals surface area contributed by atoms with Gasteiger partial charge in [-0.2, -0.15) is 0 Å². The van der Waals surface area contributed by atoms with Crippen molar-refractivity contribution >= 4 is 32.5 Å². The number of aromatic nitrogens is 2. The van der Waals surface area contributed by atoms with E-state index in [1.807, 2.05) is 25.1 Å². The summed E-state index contributed by atoms with van der Waals surface area (Å²) in [6.07, 6.45) is 1.11. The van der Waals surface area contributed by atoms with Crippen LogP contribution < -0.4 is 5.56 Å². The normalized spacial score (nSPS) is 11.2. The number of thiazole rings is 1. The summed E-state index contributed by atoms with van der Waals surface area (Å²) in [6.45, 7) is 1.92. The Morgan fingerprint density at radius 3 is 2.94 bits per heavy atom. The second-order valence-electron chi connectivity index (χ2n) is 3.97. The second kappa shape index (κ2) is 3.64. The molecule has 0 saturated carbocycles. The maximum absolute atomic E-state index is 12.1. The molecule has 6 heteroatoms. The Kier molecular flexibility index (Phi) is 2.21. The first-order chi connectivity index (χ1) is 8.58. The van der Waals surface area contributed by atoms with Crippen LogP contribution in [0, 0.1) is 6.92 Å². The molecule has 1 N–H and O–H groups in total. The zero-order valence-electron chi connectivity index (χ0n) is 9.38. The third kappa shape index (κ3) is 1.42. The molecule has 0 aliphatic carbocycles. The van der Waals surface area contributed by atoms with Crippen molar-refractivity contribution < 1.29 is 9.90 Å². The van der Waals surface area contributed by atoms with Gasteiger partial charge in [0.1, 0.15) is 5.56 Å². The summed E-state index contributed by atoms with van der Waals surface area (Å²) < 4.78 is 2.27. The van der Waals surface area contributed by atoms with Crippen molar-refractivity contribution in [3.8, 4) is 0 Å². The van der Waals surface area contributed by atoms with E-state index in [0.29, 0.717) is 10.5 Å². The van der Waals surface area contributed by atoms with Gasteiger partial charge in [0.25, 0.3) is 5.56 Å². The number of carboxylic acid groups (broad SMARTS) is 1. The number of nitrogens with zero attached hydrogens (tertiary/aromatic N) is 2. The fourth-order valence-electron chi connectivity index (χ4n) is 1.86. The molecular formula is C12H8N2O3S. The van der Waals surface area contributed by atoms with Crippen LogP contribution in [-0.2, 0) is 0 Å². The highest BCUT2D eigenvalue weighted by Gasteiger charge is 2.15. The van der Waals surface area contributed by atoms with Crippen molar-refractivity contribution in [1.29, 1.82) is 0 Å². The van der Waals surface area contributed by atoms with Crippen LogP contribution in [0.4, 0.5) is 0 Å². The summed E-state index contributed by atoms with van der Waals surface area (Å²) >= 11 is 1.36. The van der Waals surface area contributed by atoms with Crippen LogP contribution in [-0.4, -0.2) is 20.5 Å². The van der Waals surface area contributed by atoms with Gasteiger partial charge in [-0.1, -0.05) is 17.4 Å². The van der Waals surface area contributed by atoms with E-state index >= 15 is 0 Å². The Morgan fingerprint density at radius 1 is 1.44 bits per heavy atom. The summed E-state index contributed by atoms with van der Waals surface area (Å²) in [5.41, 5.74) is 0.864. The topological polar surface area (TPSA) is 71.7 Å². The van der Waals surface area contributed by atoms with Crippen LogP contribution >= 0.6 is 11.3 Å². The lowest BCUT2D eigenvalue weighted by Crippen LogP contribution is -2.21. The van der Waals surface area contributed by atoms with Crippen LogP contribution in [0.3, 0.4) is 0 Å². The maximum atomic E-state index is 12.1. The van der Waals surface area contributed by atoms with E-state index in [4.69, 9.17) is 5.11 Å². The molecule has 90 valence electrons. The quantitative estimate of drug-likeness (QED) is 0.725. The smallest absolute Gasteiger partial charge is 0.342 e. The minimum absolute atomic E-state index is 0.311. The Morgan fingerprint density at radius 2 is 2.22 bits per heavy atom. The van der Waals surface area contributed by atoms with Crippen molar-refractivity contribution in [2.24, 2.45) is 0 Å². The van der Waals surface area contributed by atoms with Crippen molar-refractivity contribution in [2.45, 2.75) is 6.92 Å². The molecule has 2 heterocycles. The maximum Gasteiger partial charge on any atom is 0.342 e. The molecule has 0 fully saturated rings. The Balaban J connectivity index is 2.56. The predicted octanol–water partition coefficient (Wildman–Crippen LogP) is 1.92. The first-order valence-corrected chi connectivity index (χ1v) is 6.04. The van der Waals surface area contributed by atoms with E-state index in [2.05, 4.69) is 4.98 Å². The molecule has 0 aliphatic heterocycles. The van der Waals surface area contributed by atoms with E-state index in [-0.39, 0.29) is 5.56 Å². The summed E-state index contributed by atoms with van der Waals surface area (Å²) in [5, 5.41) is 8.94. The van der Waals surface area contributed by atoms with Gasteiger partial charge in [0, 0.05) is 0 Å². The van der Waals surface area contributed by atoms with Gasteiger partial charge in [-0.05, 0) is 24.6 Å². The van der Waals surface area contributed by atoms with Crippen molar-refractivity contribution in [3.05, 3.63) is 45.9 Å². The number of hydrogen-bond donors (Lipinski definition) is 1. The SMILES string of the molecule is Cc1ccc2sc3ncc(C(=O)O)c(=O)n3c2c1. The molecule has 3 rings (SSSR count). The zero-order chi connectivity index (χ0) is 12.9. The molecule has 1 aromatic carbocycles. The largest absolute Gasteiger partial charge is 0.477 e. The first kappa shape index (κ1) is 10.9. The van der Waals surface area contributed by atoms with Gasteiger partial charge in [-0.25, -0.2) is 9.78 Å². The lowest BCUT2D eigenvalue weighted by atomic mass is 10.2. The number of carboxylic acids is 1. The second-order valence-corrected chi connectivity index (χ2v) is 4.98. The van der Waals surface area contributed by atoms with Crippen LogP contribution in [0.5, 0.6) is 0 Å². The van der Waals surface area contributed by atoms with Crippen LogP contribution in [0.25, 0.3) is 15.2 Å². The third-order valence-electron chi connectivity index (χ3n) is 2.72. The molecule has 0 aliphatic rings. The standard InChI is InChI=1S/C12H8N2O3S/c1-6-2-3-9-8(4-6)14-10(15)7(11(16)17)5-13-12(14)18-9/h2-5H,1H3,(H,16,17). The number of benzene rings is 1. The number of rotatable bonds is 1. The average molecular weight is 260 g/mol. The Hall–Kier alpha value is -2.21. The van der Waals surface area contributed by atoms with E-state index in [9.17, 15) is 9.59 Å². The fraction of sp³-hybridized carbons (Fsp3) is 0.0833. The lowest BCUT2D eigenvalue weighted by molar-refractivity contribution is 0.0694. The number of aromatic carboxylic acids is 1. The molecule has 0 unspecified atom stereocenters. The molecule has 3 aromatic rings. The zero-order valence-corrected chi connectivity index (χ0v) is 10.2. The summed E-state index contributed by atoms with van der Waals surface area (Å²) in [7, 11) is 0. The monoisotopic (exact) mass is 260 g/mol. The van der Waals surface area contributed by atoms with Gasteiger partial charge >= 0.3 is 5.97 Å². The number of fused-ring (bicyclic) bond motifs is 3.